The Balaban J connectivity index is 2.38. The van der Waals surface area contributed by atoms with Gasteiger partial charge in [-0.1, -0.05) is 31.4 Å². The monoisotopic (exact) mass is 222 g/mol. The summed E-state index contributed by atoms with van der Waals surface area (Å²) >= 11 is 0. The highest BCUT2D eigenvalue weighted by Crippen LogP contribution is 2.55. The van der Waals surface area contributed by atoms with E-state index >= 15 is 0 Å². The van der Waals surface area contributed by atoms with Gasteiger partial charge in [0, 0.05) is 5.92 Å². The first-order valence-corrected chi connectivity index (χ1v) is 6.80. The van der Waals surface area contributed by atoms with Gasteiger partial charge in [0.05, 0.1) is 6.10 Å². The highest BCUT2D eigenvalue weighted by Gasteiger charge is 2.48. The molecule has 92 valence electrons. The van der Waals surface area contributed by atoms with E-state index in [1.165, 1.54) is 37.7 Å². The predicted octanol–water partition coefficient (Wildman–Crippen LogP) is 3.92. The summed E-state index contributed by atoms with van der Waals surface area (Å²) in [6.45, 7) is 9.04. The van der Waals surface area contributed by atoms with E-state index in [4.69, 9.17) is 0 Å². The fourth-order valence-electron chi connectivity index (χ4n) is 3.94. The Morgan fingerprint density at radius 1 is 1.31 bits per heavy atom. The van der Waals surface area contributed by atoms with Gasteiger partial charge in [0.25, 0.3) is 0 Å². The molecule has 1 heteroatoms. The molecule has 0 bridgehead atoms. The molecule has 2 rings (SSSR count). The van der Waals surface area contributed by atoms with Gasteiger partial charge in [0.15, 0.2) is 0 Å². The van der Waals surface area contributed by atoms with Gasteiger partial charge in [-0.05, 0) is 50.9 Å². The van der Waals surface area contributed by atoms with Crippen molar-refractivity contribution in [1.29, 1.82) is 0 Å². The van der Waals surface area contributed by atoms with Crippen LogP contribution in [0.1, 0.15) is 59.8 Å². The number of hydrogen-bond acceptors (Lipinski definition) is 1. The third kappa shape index (κ3) is 1.84. The largest absolute Gasteiger partial charge is 0.392 e. The maximum atomic E-state index is 10.6. The van der Waals surface area contributed by atoms with Crippen molar-refractivity contribution in [3.8, 4) is 0 Å². The molecule has 1 N–H and O–H groups in total. The molecule has 2 aliphatic rings. The zero-order chi connectivity index (χ0) is 11.9. The molecule has 4 atom stereocenters. The lowest BCUT2D eigenvalue weighted by Crippen LogP contribution is -2.34. The fourth-order valence-corrected chi connectivity index (χ4v) is 3.94. The van der Waals surface area contributed by atoms with E-state index < -0.39 is 0 Å². The maximum absolute atomic E-state index is 10.6. The van der Waals surface area contributed by atoms with Crippen molar-refractivity contribution in [2.24, 2.45) is 17.3 Å². The van der Waals surface area contributed by atoms with Crippen LogP contribution in [0.5, 0.6) is 0 Å². The van der Waals surface area contributed by atoms with Gasteiger partial charge in [0.2, 0.25) is 0 Å². The molecule has 0 unspecified atom stereocenters. The summed E-state index contributed by atoms with van der Waals surface area (Å²) in [6.07, 6.45) is 6.18. The summed E-state index contributed by atoms with van der Waals surface area (Å²) in [7, 11) is 0. The van der Waals surface area contributed by atoms with Crippen molar-refractivity contribution in [3.63, 3.8) is 0 Å². The minimum Gasteiger partial charge on any atom is -0.392 e. The third-order valence-electron chi connectivity index (χ3n) is 5.07. The molecule has 16 heavy (non-hydrogen) atoms. The first kappa shape index (κ1) is 12.2. The Morgan fingerprint density at radius 2 is 2.00 bits per heavy atom. The topological polar surface area (TPSA) is 20.2 Å². The fraction of sp³-hybridized carbons (Fsp3) is 0.867. The Hall–Kier alpha value is -0.300. The van der Waals surface area contributed by atoms with Crippen LogP contribution in [0, 0.1) is 17.3 Å². The molecule has 2 saturated carbocycles. The van der Waals surface area contributed by atoms with Crippen LogP contribution in [-0.2, 0) is 0 Å². The van der Waals surface area contributed by atoms with E-state index in [2.05, 4.69) is 27.7 Å². The number of allylic oxidation sites excluding steroid dienone is 1. The second-order valence-electron chi connectivity index (χ2n) is 6.52. The highest BCUT2D eigenvalue weighted by molar-refractivity contribution is 5.24. The maximum Gasteiger partial charge on any atom is 0.0636 e. The lowest BCUT2D eigenvalue weighted by molar-refractivity contribution is 0.0354. The normalized spacial score (nSPS) is 44.1. The van der Waals surface area contributed by atoms with Crippen LogP contribution >= 0.6 is 0 Å². The molecule has 0 aromatic carbocycles. The van der Waals surface area contributed by atoms with Crippen molar-refractivity contribution in [1.82, 2.24) is 0 Å². The lowest BCUT2D eigenvalue weighted by atomic mass is 9.72. The molecule has 2 fully saturated rings. The number of rotatable bonds is 0. The molecular weight excluding hydrogens is 196 g/mol. The van der Waals surface area contributed by atoms with Gasteiger partial charge in [0.1, 0.15) is 0 Å². The average Bonchev–Trinajstić information content (AvgIpc) is 2.50. The number of aliphatic hydroxyl groups is 1. The summed E-state index contributed by atoms with van der Waals surface area (Å²) in [4.78, 5) is 0. The minimum absolute atomic E-state index is 0.111. The standard InChI is InChI=1S/C15H26O/c1-10(2)12-7-9-15(4)8-5-6-11(3)14(16)13(12)15/h11,13-14,16H,5-9H2,1-4H3/t11-,13-,14+,15-/m1/s1. The summed E-state index contributed by atoms with van der Waals surface area (Å²) < 4.78 is 0. The molecule has 0 saturated heterocycles. The van der Waals surface area contributed by atoms with Crippen LogP contribution in [0.4, 0.5) is 0 Å². The lowest BCUT2D eigenvalue weighted by Gasteiger charge is -2.35. The highest BCUT2D eigenvalue weighted by atomic mass is 16.3. The Morgan fingerprint density at radius 3 is 2.62 bits per heavy atom. The number of fused-ring (bicyclic) bond motifs is 1. The van der Waals surface area contributed by atoms with E-state index in [1.807, 2.05) is 0 Å². The van der Waals surface area contributed by atoms with Gasteiger partial charge >= 0.3 is 0 Å². The predicted molar refractivity (Wildman–Crippen MR) is 68.2 cm³/mol. The van der Waals surface area contributed by atoms with Crippen LogP contribution in [0.15, 0.2) is 11.1 Å². The van der Waals surface area contributed by atoms with E-state index in [0.29, 0.717) is 17.3 Å². The number of aliphatic hydroxyl groups excluding tert-OH is 1. The van der Waals surface area contributed by atoms with Crippen molar-refractivity contribution in [2.45, 2.75) is 65.9 Å². The smallest absolute Gasteiger partial charge is 0.0636 e. The summed E-state index contributed by atoms with van der Waals surface area (Å²) in [6, 6.07) is 0. The molecule has 0 amide bonds. The van der Waals surface area contributed by atoms with E-state index in [0.717, 1.165) is 0 Å². The van der Waals surface area contributed by atoms with Gasteiger partial charge in [-0.3, -0.25) is 0 Å². The Kier molecular flexibility index (Phi) is 3.18. The van der Waals surface area contributed by atoms with E-state index in [-0.39, 0.29) is 6.10 Å². The zero-order valence-electron chi connectivity index (χ0n) is 11.2. The van der Waals surface area contributed by atoms with E-state index in [9.17, 15) is 5.11 Å². The quantitative estimate of drug-likeness (QED) is 0.616. The Labute approximate surface area is 99.9 Å². The zero-order valence-corrected chi connectivity index (χ0v) is 11.2. The van der Waals surface area contributed by atoms with Gasteiger partial charge in [-0.15, -0.1) is 0 Å². The molecule has 0 aromatic rings. The van der Waals surface area contributed by atoms with Crippen LogP contribution in [0.25, 0.3) is 0 Å². The first-order chi connectivity index (χ1) is 7.46. The molecule has 0 heterocycles. The average molecular weight is 222 g/mol. The van der Waals surface area contributed by atoms with Gasteiger partial charge < -0.3 is 5.11 Å². The van der Waals surface area contributed by atoms with Crippen LogP contribution in [-0.4, -0.2) is 11.2 Å². The SMILES string of the molecule is CC(C)=C1CC[C@@]2(C)CCC[C@@H](C)[C@H](O)[C@@H]12. The van der Waals surface area contributed by atoms with Crippen molar-refractivity contribution in [3.05, 3.63) is 11.1 Å². The minimum atomic E-state index is -0.111. The van der Waals surface area contributed by atoms with Gasteiger partial charge in [-0.2, -0.15) is 0 Å². The second kappa shape index (κ2) is 4.18. The first-order valence-electron chi connectivity index (χ1n) is 6.80. The van der Waals surface area contributed by atoms with E-state index in [1.54, 1.807) is 5.57 Å². The van der Waals surface area contributed by atoms with Crippen molar-refractivity contribution >= 4 is 0 Å². The summed E-state index contributed by atoms with van der Waals surface area (Å²) in [5.74, 6) is 0.911. The van der Waals surface area contributed by atoms with Crippen molar-refractivity contribution in [2.75, 3.05) is 0 Å². The summed E-state index contributed by atoms with van der Waals surface area (Å²) in [5.41, 5.74) is 3.38. The number of hydrogen-bond donors (Lipinski definition) is 1. The molecule has 2 aliphatic carbocycles. The van der Waals surface area contributed by atoms with Crippen LogP contribution < -0.4 is 0 Å². The molecule has 0 aliphatic heterocycles. The van der Waals surface area contributed by atoms with Gasteiger partial charge in [-0.25, -0.2) is 0 Å². The van der Waals surface area contributed by atoms with Crippen LogP contribution in [0.3, 0.4) is 0 Å². The molecule has 0 radical (unpaired) electrons. The van der Waals surface area contributed by atoms with Crippen molar-refractivity contribution < 1.29 is 5.11 Å². The van der Waals surface area contributed by atoms with Crippen LogP contribution in [0.2, 0.25) is 0 Å². The molecular formula is C15H26O. The second-order valence-corrected chi connectivity index (χ2v) is 6.52. The Bertz CT molecular complexity index is 301. The third-order valence-corrected chi connectivity index (χ3v) is 5.07. The molecule has 0 aromatic heterocycles. The molecule has 0 spiro atoms. The summed E-state index contributed by atoms with van der Waals surface area (Å²) in [5, 5.41) is 10.6. The molecule has 1 nitrogen and oxygen atoms in total.